The van der Waals surface area contributed by atoms with E-state index in [0.717, 1.165) is 60.8 Å². The summed E-state index contributed by atoms with van der Waals surface area (Å²) in [4.78, 5) is 28.4. The molecule has 0 unspecified atom stereocenters. The SMILES string of the molecule is Cc1nc(N2CCC(Cn3cnc(C4CC4)cc3=O)CC2)c2cnn(C)c2n1. The van der Waals surface area contributed by atoms with Crippen LogP contribution in [0.3, 0.4) is 0 Å². The van der Waals surface area contributed by atoms with Crippen LogP contribution in [0, 0.1) is 12.8 Å². The van der Waals surface area contributed by atoms with Gasteiger partial charge >= 0.3 is 0 Å². The van der Waals surface area contributed by atoms with Gasteiger partial charge in [-0.05, 0) is 38.5 Å². The molecule has 28 heavy (non-hydrogen) atoms. The molecule has 0 bridgehead atoms. The van der Waals surface area contributed by atoms with E-state index in [-0.39, 0.29) is 5.56 Å². The van der Waals surface area contributed by atoms with Gasteiger partial charge in [0.25, 0.3) is 5.56 Å². The van der Waals surface area contributed by atoms with Gasteiger partial charge in [0, 0.05) is 38.7 Å². The minimum atomic E-state index is 0.0859. The van der Waals surface area contributed by atoms with E-state index in [1.807, 2.05) is 20.2 Å². The number of aromatic nitrogens is 6. The van der Waals surface area contributed by atoms with Gasteiger partial charge in [0.2, 0.25) is 0 Å². The lowest BCUT2D eigenvalue weighted by Gasteiger charge is -2.33. The maximum Gasteiger partial charge on any atom is 0.253 e. The van der Waals surface area contributed by atoms with E-state index < -0.39 is 0 Å². The average molecular weight is 379 g/mol. The summed E-state index contributed by atoms with van der Waals surface area (Å²) in [5, 5.41) is 5.34. The summed E-state index contributed by atoms with van der Waals surface area (Å²) in [6.07, 6.45) is 7.99. The van der Waals surface area contributed by atoms with Crippen molar-refractivity contribution in [2.24, 2.45) is 13.0 Å². The highest BCUT2D eigenvalue weighted by atomic mass is 16.1. The topological polar surface area (TPSA) is 81.7 Å². The molecule has 3 aromatic rings. The Hall–Kier alpha value is -2.77. The molecule has 146 valence electrons. The second kappa shape index (κ2) is 6.68. The fourth-order valence-corrected chi connectivity index (χ4v) is 4.14. The fourth-order valence-electron chi connectivity index (χ4n) is 4.14. The molecule has 0 spiro atoms. The van der Waals surface area contributed by atoms with Gasteiger partial charge in [0.15, 0.2) is 5.65 Å². The van der Waals surface area contributed by atoms with Crippen molar-refractivity contribution in [2.45, 2.75) is 45.1 Å². The molecule has 2 fully saturated rings. The summed E-state index contributed by atoms with van der Waals surface area (Å²) in [6.45, 7) is 4.52. The Bertz CT molecular complexity index is 1070. The molecule has 1 aliphatic carbocycles. The molecular formula is C20H25N7O. The summed E-state index contributed by atoms with van der Waals surface area (Å²) in [7, 11) is 1.91. The molecule has 0 N–H and O–H groups in total. The minimum absolute atomic E-state index is 0.0859. The molecule has 3 aromatic heterocycles. The molecule has 0 radical (unpaired) electrons. The van der Waals surface area contributed by atoms with E-state index in [9.17, 15) is 4.79 Å². The highest BCUT2D eigenvalue weighted by molar-refractivity contribution is 5.87. The van der Waals surface area contributed by atoms with Crippen LogP contribution < -0.4 is 10.5 Å². The van der Waals surface area contributed by atoms with Gasteiger partial charge < -0.3 is 4.90 Å². The summed E-state index contributed by atoms with van der Waals surface area (Å²) < 4.78 is 3.57. The van der Waals surface area contributed by atoms with E-state index in [2.05, 4.69) is 25.0 Å². The maximum absolute atomic E-state index is 12.4. The Morgan fingerprint density at radius 1 is 1.14 bits per heavy atom. The summed E-state index contributed by atoms with van der Waals surface area (Å²) in [5.41, 5.74) is 1.93. The van der Waals surface area contributed by atoms with Gasteiger partial charge in [-0.1, -0.05) is 0 Å². The Labute approximate surface area is 163 Å². The predicted octanol–water partition coefficient (Wildman–Crippen LogP) is 2.02. The average Bonchev–Trinajstić information content (AvgIpc) is 3.48. The van der Waals surface area contributed by atoms with Crippen molar-refractivity contribution < 1.29 is 0 Å². The fraction of sp³-hybridized carbons (Fsp3) is 0.550. The van der Waals surface area contributed by atoms with E-state index in [1.54, 1.807) is 21.6 Å². The molecule has 8 heteroatoms. The Balaban J connectivity index is 1.29. The minimum Gasteiger partial charge on any atom is -0.356 e. The quantitative estimate of drug-likeness (QED) is 0.690. The first-order valence-electron chi connectivity index (χ1n) is 10.1. The first-order valence-corrected chi connectivity index (χ1v) is 10.1. The number of hydrogen-bond acceptors (Lipinski definition) is 6. The third-order valence-electron chi connectivity index (χ3n) is 5.95. The number of rotatable bonds is 4. The molecule has 5 rings (SSSR count). The molecule has 2 aliphatic rings. The summed E-state index contributed by atoms with van der Waals surface area (Å²) in [6, 6.07) is 1.73. The van der Waals surface area contributed by atoms with Crippen molar-refractivity contribution in [3.63, 3.8) is 0 Å². The molecule has 4 heterocycles. The van der Waals surface area contributed by atoms with Crippen molar-refractivity contribution >= 4 is 16.9 Å². The first kappa shape index (κ1) is 17.3. The van der Waals surface area contributed by atoms with Crippen LogP contribution >= 0.6 is 0 Å². The second-order valence-corrected chi connectivity index (χ2v) is 8.11. The van der Waals surface area contributed by atoms with E-state index in [1.165, 1.54) is 12.8 Å². The van der Waals surface area contributed by atoms with Crippen molar-refractivity contribution in [1.29, 1.82) is 0 Å². The first-order chi connectivity index (χ1) is 13.6. The van der Waals surface area contributed by atoms with Crippen molar-refractivity contribution in [2.75, 3.05) is 18.0 Å². The zero-order valence-electron chi connectivity index (χ0n) is 16.4. The standard InChI is InChI=1S/C20H25N7O/c1-13-23-19-16(10-22-25(19)2)20(24-13)26-7-5-14(6-8-26)11-27-12-21-17(9-18(27)28)15-3-4-15/h9-10,12,14-15H,3-8,11H2,1-2H3. The van der Waals surface area contributed by atoms with Crippen molar-refractivity contribution in [1.82, 2.24) is 29.3 Å². The number of anilines is 1. The summed E-state index contributed by atoms with van der Waals surface area (Å²) in [5.74, 6) is 2.74. The van der Waals surface area contributed by atoms with Crippen LogP contribution in [-0.2, 0) is 13.6 Å². The van der Waals surface area contributed by atoms with Crippen LogP contribution in [0.25, 0.3) is 11.0 Å². The van der Waals surface area contributed by atoms with Crippen LogP contribution in [-0.4, -0.2) is 42.4 Å². The van der Waals surface area contributed by atoms with Gasteiger partial charge in [-0.3, -0.25) is 14.0 Å². The monoisotopic (exact) mass is 379 g/mol. The third-order valence-corrected chi connectivity index (χ3v) is 5.95. The van der Waals surface area contributed by atoms with E-state index in [0.29, 0.717) is 11.8 Å². The number of aryl methyl sites for hydroxylation is 2. The zero-order valence-corrected chi connectivity index (χ0v) is 16.4. The lowest BCUT2D eigenvalue weighted by molar-refractivity contribution is 0.350. The van der Waals surface area contributed by atoms with E-state index >= 15 is 0 Å². The molecular weight excluding hydrogens is 354 g/mol. The van der Waals surface area contributed by atoms with Crippen LogP contribution in [0.5, 0.6) is 0 Å². The van der Waals surface area contributed by atoms with Gasteiger partial charge in [-0.25, -0.2) is 15.0 Å². The molecule has 0 atom stereocenters. The predicted molar refractivity (Wildman–Crippen MR) is 106 cm³/mol. The second-order valence-electron chi connectivity index (χ2n) is 8.11. The molecule has 8 nitrogen and oxygen atoms in total. The van der Waals surface area contributed by atoms with Gasteiger partial charge in [0.05, 0.1) is 23.6 Å². The number of nitrogens with zero attached hydrogens (tertiary/aromatic N) is 7. The summed E-state index contributed by atoms with van der Waals surface area (Å²) >= 11 is 0. The van der Waals surface area contributed by atoms with Crippen molar-refractivity contribution in [3.8, 4) is 0 Å². The number of fused-ring (bicyclic) bond motifs is 1. The normalized spacial score (nSPS) is 18.1. The Morgan fingerprint density at radius 2 is 1.93 bits per heavy atom. The largest absolute Gasteiger partial charge is 0.356 e. The lowest BCUT2D eigenvalue weighted by atomic mass is 9.96. The van der Waals surface area contributed by atoms with Crippen LogP contribution in [0.2, 0.25) is 0 Å². The number of hydrogen-bond donors (Lipinski definition) is 0. The van der Waals surface area contributed by atoms with Crippen LogP contribution in [0.15, 0.2) is 23.4 Å². The molecule has 1 saturated carbocycles. The molecule has 0 amide bonds. The highest BCUT2D eigenvalue weighted by Crippen LogP contribution is 2.38. The van der Waals surface area contributed by atoms with Gasteiger partial charge in [-0.15, -0.1) is 0 Å². The highest BCUT2D eigenvalue weighted by Gasteiger charge is 2.26. The van der Waals surface area contributed by atoms with Crippen LogP contribution in [0.1, 0.15) is 43.1 Å². The van der Waals surface area contributed by atoms with Gasteiger partial charge in [-0.2, -0.15) is 5.10 Å². The number of piperidine rings is 1. The van der Waals surface area contributed by atoms with Gasteiger partial charge in [0.1, 0.15) is 11.6 Å². The van der Waals surface area contributed by atoms with E-state index in [4.69, 9.17) is 0 Å². The zero-order chi connectivity index (χ0) is 19.3. The Kier molecular flexibility index (Phi) is 4.14. The molecule has 0 aromatic carbocycles. The van der Waals surface area contributed by atoms with Crippen LogP contribution in [0.4, 0.5) is 5.82 Å². The smallest absolute Gasteiger partial charge is 0.253 e. The third kappa shape index (κ3) is 3.16. The van der Waals surface area contributed by atoms with Crippen molar-refractivity contribution in [3.05, 3.63) is 40.5 Å². The molecule has 1 aliphatic heterocycles. The Morgan fingerprint density at radius 3 is 2.64 bits per heavy atom. The molecule has 1 saturated heterocycles. The lowest BCUT2D eigenvalue weighted by Crippen LogP contribution is -2.37. The maximum atomic E-state index is 12.4.